The maximum Gasteiger partial charge on any atom is 0.269 e. The van der Waals surface area contributed by atoms with Crippen molar-refractivity contribution < 1.29 is 14.5 Å². The quantitative estimate of drug-likeness (QED) is 0.185. The summed E-state index contributed by atoms with van der Waals surface area (Å²) in [6.45, 7) is 1.89. The second-order valence-corrected chi connectivity index (χ2v) is 9.44. The summed E-state index contributed by atoms with van der Waals surface area (Å²) in [6.07, 6.45) is 3.67. The highest BCUT2D eigenvalue weighted by Crippen LogP contribution is 2.43. The van der Waals surface area contributed by atoms with Crippen molar-refractivity contribution in [2.75, 3.05) is 23.9 Å². The molecule has 0 bridgehead atoms. The molecule has 1 fully saturated rings. The lowest BCUT2D eigenvalue weighted by Gasteiger charge is -2.29. The fourth-order valence-electron chi connectivity index (χ4n) is 4.79. The molecule has 1 aliphatic heterocycles. The van der Waals surface area contributed by atoms with Crippen LogP contribution in [0.4, 0.5) is 17.1 Å². The lowest BCUT2D eigenvalue weighted by molar-refractivity contribution is -0.384. The standard InChI is InChI=1S/C28H26N6O4S/c1-18-16-21(12-13-22(18)30-25(35)17-38-2)33-27(26(31-28(33)39)23-6-3-4-14-29-23)24-7-5-15-32(24)19-8-10-20(11-9-19)34(36)37/h3-16,26-27H,17H2,1-2H3,(H,30,35)(H,31,39)/t26-,27-/m1/s1. The summed E-state index contributed by atoms with van der Waals surface area (Å²) >= 11 is 5.85. The van der Waals surface area contributed by atoms with E-state index in [0.29, 0.717) is 10.8 Å². The smallest absolute Gasteiger partial charge is 0.269 e. The van der Waals surface area contributed by atoms with Crippen molar-refractivity contribution in [1.29, 1.82) is 0 Å². The molecule has 5 rings (SSSR count). The molecule has 0 unspecified atom stereocenters. The third-order valence-electron chi connectivity index (χ3n) is 6.56. The third kappa shape index (κ3) is 5.22. The van der Waals surface area contributed by atoms with Gasteiger partial charge in [0.05, 0.1) is 16.7 Å². The molecule has 0 radical (unpaired) electrons. The molecule has 2 aromatic carbocycles. The molecule has 1 saturated heterocycles. The number of rotatable bonds is 8. The average molecular weight is 543 g/mol. The Morgan fingerprint density at radius 1 is 1.13 bits per heavy atom. The number of benzene rings is 2. The summed E-state index contributed by atoms with van der Waals surface area (Å²) in [5, 5.41) is 18.0. The third-order valence-corrected chi connectivity index (χ3v) is 6.87. The molecule has 0 saturated carbocycles. The SMILES string of the molecule is COCC(=O)Nc1ccc(N2C(=S)N[C@H](c3ccccn3)[C@H]2c2cccn2-c2ccc([N+](=O)[O-])cc2)cc1C. The molecule has 198 valence electrons. The van der Waals surface area contributed by atoms with Gasteiger partial charge in [-0.1, -0.05) is 6.07 Å². The Bertz CT molecular complexity index is 1520. The summed E-state index contributed by atoms with van der Waals surface area (Å²) in [4.78, 5) is 29.5. The van der Waals surface area contributed by atoms with E-state index in [9.17, 15) is 14.9 Å². The summed E-state index contributed by atoms with van der Waals surface area (Å²) in [5.41, 5.74) is 4.94. The Balaban J connectivity index is 1.58. The van der Waals surface area contributed by atoms with Gasteiger partial charge in [-0.3, -0.25) is 19.9 Å². The monoisotopic (exact) mass is 542 g/mol. The highest BCUT2D eigenvalue weighted by atomic mass is 32.1. The number of hydrogen-bond donors (Lipinski definition) is 2. The maximum atomic E-state index is 12.1. The number of nitrogens with zero attached hydrogens (tertiary/aromatic N) is 4. The van der Waals surface area contributed by atoms with Gasteiger partial charge in [-0.05, 0) is 79.3 Å². The molecular weight excluding hydrogens is 516 g/mol. The van der Waals surface area contributed by atoms with E-state index < -0.39 is 4.92 Å². The van der Waals surface area contributed by atoms with Gasteiger partial charge in [0.25, 0.3) is 5.69 Å². The molecule has 2 atom stereocenters. The summed E-state index contributed by atoms with van der Waals surface area (Å²) in [7, 11) is 1.47. The van der Waals surface area contributed by atoms with Crippen LogP contribution in [0, 0.1) is 17.0 Å². The van der Waals surface area contributed by atoms with E-state index in [-0.39, 0.29) is 30.3 Å². The van der Waals surface area contributed by atoms with E-state index >= 15 is 0 Å². The van der Waals surface area contributed by atoms with Crippen molar-refractivity contribution in [3.8, 4) is 5.69 Å². The number of thiocarbonyl (C=S) groups is 1. The molecule has 3 heterocycles. The predicted molar refractivity (Wildman–Crippen MR) is 152 cm³/mol. The van der Waals surface area contributed by atoms with Crippen LogP contribution in [0.25, 0.3) is 5.69 Å². The second-order valence-electron chi connectivity index (χ2n) is 9.05. The van der Waals surface area contributed by atoms with Crippen molar-refractivity contribution in [1.82, 2.24) is 14.9 Å². The Hall–Kier alpha value is -4.61. The molecule has 11 heteroatoms. The number of nitro benzene ring substituents is 1. The normalized spacial score (nSPS) is 16.7. The van der Waals surface area contributed by atoms with E-state index in [0.717, 1.165) is 28.3 Å². The topological polar surface area (TPSA) is 115 Å². The lowest BCUT2D eigenvalue weighted by Crippen LogP contribution is -2.30. The van der Waals surface area contributed by atoms with Gasteiger partial charge in [0.2, 0.25) is 5.91 Å². The lowest BCUT2D eigenvalue weighted by atomic mass is 10.00. The fraction of sp³-hybridized carbons (Fsp3) is 0.179. The Morgan fingerprint density at radius 2 is 1.90 bits per heavy atom. The molecule has 0 spiro atoms. The van der Waals surface area contributed by atoms with Crippen LogP contribution in [-0.2, 0) is 9.53 Å². The van der Waals surface area contributed by atoms with Crippen LogP contribution in [0.1, 0.15) is 29.0 Å². The van der Waals surface area contributed by atoms with Crippen LogP contribution in [0.5, 0.6) is 0 Å². The van der Waals surface area contributed by atoms with Crippen LogP contribution in [-0.4, -0.2) is 39.2 Å². The number of anilines is 2. The van der Waals surface area contributed by atoms with Crippen molar-refractivity contribution in [2.45, 2.75) is 19.0 Å². The highest BCUT2D eigenvalue weighted by Gasteiger charge is 2.42. The number of aryl methyl sites for hydroxylation is 1. The van der Waals surface area contributed by atoms with E-state index in [1.807, 2.05) is 71.1 Å². The number of carbonyl (C=O) groups excluding carboxylic acids is 1. The van der Waals surface area contributed by atoms with E-state index in [1.54, 1.807) is 18.3 Å². The molecule has 0 aliphatic carbocycles. The fourth-order valence-corrected chi connectivity index (χ4v) is 5.14. The molecule has 10 nitrogen and oxygen atoms in total. The van der Waals surface area contributed by atoms with Crippen molar-refractivity contribution in [3.63, 3.8) is 0 Å². The first-order chi connectivity index (χ1) is 18.9. The van der Waals surface area contributed by atoms with Crippen LogP contribution in [0.2, 0.25) is 0 Å². The number of non-ortho nitro benzene ring substituents is 1. The van der Waals surface area contributed by atoms with Gasteiger partial charge in [0, 0.05) is 54.4 Å². The molecule has 1 amide bonds. The number of methoxy groups -OCH3 is 1. The zero-order chi connectivity index (χ0) is 27.5. The number of amides is 1. The molecular formula is C28H26N6O4S. The Kier molecular flexibility index (Phi) is 7.35. The van der Waals surface area contributed by atoms with Crippen LogP contribution < -0.4 is 15.5 Å². The summed E-state index contributed by atoms with van der Waals surface area (Å²) in [5.74, 6) is -0.235. The number of ether oxygens (including phenoxy) is 1. The Labute approximate surface area is 230 Å². The number of hydrogen-bond acceptors (Lipinski definition) is 6. The minimum absolute atomic E-state index is 0.0253. The van der Waals surface area contributed by atoms with Gasteiger partial charge in [-0.2, -0.15) is 0 Å². The van der Waals surface area contributed by atoms with Gasteiger partial charge < -0.3 is 24.8 Å². The van der Waals surface area contributed by atoms with E-state index in [4.69, 9.17) is 17.0 Å². The van der Waals surface area contributed by atoms with Crippen LogP contribution in [0.3, 0.4) is 0 Å². The predicted octanol–water partition coefficient (Wildman–Crippen LogP) is 4.85. The van der Waals surface area contributed by atoms with Gasteiger partial charge in [0.1, 0.15) is 12.6 Å². The number of nitro groups is 1. The zero-order valence-electron chi connectivity index (χ0n) is 21.3. The molecule has 2 aromatic heterocycles. The van der Waals surface area contributed by atoms with Gasteiger partial charge >= 0.3 is 0 Å². The van der Waals surface area contributed by atoms with Crippen molar-refractivity contribution in [3.05, 3.63) is 112 Å². The summed E-state index contributed by atoms with van der Waals surface area (Å²) in [6, 6.07) is 21.3. The van der Waals surface area contributed by atoms with E-state index in [2.05, 4.69) is 15.6 Å². The minimum atomic E-state index is -0.414. The van der Waals surface area contributed by atoms with Crippen molar-refractivity contribution in [2.24, 2.45) is 0 Å². The summed E-state index contributed by atoms with van der Waals surface area (Å²) < 4.78 is 6.92. The molecule has 4 aromatic rings. The first-order valence-electron chi connectivity index (χ1n) is 12.2. The average Bonchev–Trinajstić information content (AvgIpc) is 3.55. The molecule has 2 N–H and O–H groups in total. The highest BCUT2D eigenvalue weighted by molar-refractivity contribution is 7.80. The van der Waals surface area contributed by atoms with Gasteiger partial charge in [-0.25, -0.2) is 0 Å². The van der Waals surface area contributed by atoms with Crippen LogP contribution in [0.15, 0.2) is 85.2 Å². The van der Waals surface area contributed by atoms with Crippen LogP contribution >= 0.6 is 12.2 Å². The van der Waals surface area contributed by atoms with Gasteiger partial charge in [-0.15, -0.1) is 0 Å². The van der Waals surface area contributed by atoms with Gasteiger partial charge in [0.15, 0.2) is 5.11 Å². The molecule has 39 heavy (non-hydrogen) atoms. The minimum Gasteiger partial charge on any atom is -0.375 e. The first-order valence-corrected chi connectivity index (χ1v) is 12.6. The Morgan fingerprint density at radius 3 is 2.56 bits per heavy atom. The largest absolute Gasteiger partial charge is 0.375 e. The number of aromatic nitrogens is 2. The van der Waals surface area contributed by atoms with Crippen molar-refractivity contribution >= 4 is 40.3 Å². The number of pyridine rings is 1. The second kappa shape index (κ2) is 11.0. The molecule has 1 aliphatic rings. The first kappa shape index (κ1) is 26.0. The zero-order valence-corrected chi connectivity index (χ0v) is 22.1. The number of carbonyl (C=O) groups is 1. The maximum absolute atomic E-state index is 12.1. The van der Waals surface area contributed by atoms with E-state index in [1.165, 1.54) is 19.2 Å². The number of nitrogens with one attached hydrogen (secondary N) is 2.